The van der Waals surface area contributed by atoms with Crippen molar-refractivity contribution in [1.29, 1.82) is 0 Å². The highest BCUT2D eigenvalue weighted by Gasteiger charge is 2.28. The molecule has 0 aliphatic carbocycles. The number of hydrogen-bond donors (Lipinski definition) is 1. The minimum Gasteiger partial charge on any atom is -0.508 e. The molecule has 23 heavy (non-hydrogen) atoms. The van der Waals surface area contributed by atoms with Crippen LogP contribution in [0.3, 0.4) is 0 Å². The molecule has 0 radical (unpaired) electrons. The number of hydrogen-bond acceptors (Lipinski definition) is 5. The Morgan fingerprint density at radius 3 is 2.83 bits per heavy atom. The fraction of sp³-hybridized carbons (Fsp3) is 0.111. The zero-order valence-electron chi connectivity index (χ0n) is 12.0. The Kier molecular flexibility index (Phi) is 2.94. The van der Waals surface area contributed by atoms with Gasteiger partial charge in [-0.15, -0.1) is 0 Å². The van der Waals surface area contributed by atoms with Gasteiger partial charge >= 0.3 is 5.97 Å². The maximum atomic E-state index is 12.4. The molecule has 2 aromatic rings. The van der Waals surface area contributed by atoms with E-state index in [9.17, 15) is 14.7 Å². The van der Waals surface area contributed by atoms with Crippen molar-refractivity contribution in [2.45, 2.75) is 6.42 Å². The Balaban J connectivity index is 1.77. The largest absolute Gasteiger partial charge is 0.508 e. The van der Waals surface area contributed by atoms with Crippen LogP contribution in [0, 0.1) is 0 Å². The Morgan fingerprint density at radius 2 is 1.96 bits per heavy atom. The van der Waals surface area contributed by atoms with Crippen LogP contribution in [0.5, 0.6) is 11.5 Å². The molecule has 0 unspecified atom stereocenters. The Hall–Kier alpha value is -3.08. The fourth-order valence-electron chi connectivity index (χ4n) is 2.85. The summed E-state index contributed by atoms with van der Waals surface area (Å²) in [7, 11) is 0. The van der Waals surface area contributed by atoms with Gasteiger partial charge in [0.1, 0.15) is 11.5 Å². The van der Waals surface area contributed by atoms with Crippen LogP contribution in [0.15, 0.2) is 42.2 Å². The van der Waals surface area contributed by atoms with Crippen LogP contribution in [0.2, 0.25) is 0 Å². The van der Waals surface area contributed by atoms with E-state index in [0.717, 1.165) is 11.1 Å². The Bertz CT molecular complexity index is 879. The summed E-state index contributed by atoms with van der Waals surface area (Å²) in [6.07, 6.45) is 2.24. The van der Waals surface area contributed by atoms with Crippen LogP contribution in [0.1, 0.15) is 31.8 Å². The second-order valence-electron chi connectivity index (χ2n) is 5.38. The Labute approximate surface area is 131 Å². The molecular weight excluding hydrogens is 296 g/mol. The number of carbonyl (C=O) groups is 2. The highest BCUT2D eigenvalue weighted by atomic mass is 16.5. The first-order valence-corrected chi connectivity index (χ1v) is 7.20. The van der Waals surface area contributed by atoms with E-state index in [1.165, 1.54) is 18.2 Å². The van der Waals surface area contributed by atoms with Gasteiger partial charge in [0.05, 0.1) is 17.7 Å². The van der Waals surface area contributed by atoms with Gasteiger partial charge in [0.25, 0.3) is 0 Å². The highest BCUT2D eigenvalue weighted by Crippen LogP contribution is 2.35. The molecule has 0 spiro atoms. The maximum Gasteiger partial charge on any atom is 0.338 e. The summed E-state index contributed by atoms with van der Waals surface area (Å²) in [5.41, 5.74) is 2.55. The average Bonchev–Trinajstić information content (AvgIpc) is 2.84. The van der Waals surface area contributed by atoms with Crippen LogP contribution >= 0.6 is 0 Å². The first-order chi connectivity index (χ1) is 11.1. The van der Waals surface area contributed by atoms with E-state index in [1.54, 1.807) is 18.2 Å². The number of ketones is 1. The summed E-state index contributed by atoms with van der Waals surface area (Å²) in [5.74, 6) is -0.0320. The summed E-state index contributed by atoms with van der Waals surface area (Å²) in [5, 5.41) is 9.48. The molecule has 0 atom stereocenters. The highest BCUT2D eigenvalue weighted by molar-refractivity contribution is 6.14. The molecule has 0 saturated heterocycles. The van der Waals surface area contributed by atoms with Crippen LogP contribution in [-0.4, -0.2) is 23.5 Å². The molecule has 1 N–H and O–H groups in total. The number of esters is 1. The third-order valence-corrected chi connectivity index (χ3v) is 3.96. The van der Waals surface area contributed by atoms with Gasteiger partial charge in [0.15, 0.2) is 5.76 Å². The van der Waals surface area contributed by atoms with E-state index in [-0.39, 0.29) is 23.3 Å². The van der Waals surface area contributed by atoms with Crippen molar-refractivity contribution < 1.29 is 24.2 Å². The van der Waals surface area contributed by atoms with Crippen LogP contribution in [-0.2, 0) is 11.2 Å². The van der Waals surface area contributed by atoms with Crippen LogP contribution in [0.25, 0.3) is 6.08 Å². The SMILES string of the molecule is O=C1/C(=C/c2cccc3c2CCOC3=O)Oc2cc(O)ccc21. The van der Waals surface area contributed by atoms with Crippen LogP contribution < -0.4 is 4.74 Å². The number of fused-ring (bicyclic) bond motifs is 2. The van der Waals surface area contributed by atoms with E-state index in [4.69, 9.17) is 9.47 Å². The number of ether oxygens (including phenoxy) is 2. The third-order valence-electron chi connectivity index (χ3n) is 3.96. The predicted molar refractivity (Wildman–Crippen MR) is 81.5 cm³/mol. The molecule has 5 heteroatoms. The lowest BCUT2D eigenvalue weighted by Crippen LogP contribution is -2.18. The molecule has 0 fully saturated rings. The zero-order valence-corrected chi connectivity index (χ0v) is 12.0. The number of phenols is 1. The molecule has 2 aliphatic heterocycles. The number of benzene rings is 2. The molecule has 4 rings (SSSR count). The summed E-state index contributed by atoms with van der Waals surface area (Å²) >= 11 is 0. The van der Waals surface area contributed by atoms with E-state index < -0.39 is 0 Å². The van der Waals surface area contributed by atoms with Crippen molar-refractivity contribution in [2.75, 3.05) is 6.61 Å². The zero-order chi connectivity index (χ0) is 16.0. The van der Waals surface area contributed by atoms with Gasteiger partial charge in [0.2, 0.25) is 5.78 Å². The number of cyclic esters (lactones) is 1. The number of phenolic OH excluding ortho intramolecular Hbond substituents is 1. The van der Waals surface area contributed by atoms with Gasteiger partial charge in [0, 0.05) is 12.5 Å². The molecule has 0 bridgehead atoms. The first-order valence-electron chi connectivity index (χ1n) is 7.20. The van der Waals surface area contributed by atoms with Crippen molar-refractivity contribution in [3.63, 3.8) is 0 Å². The van der Waals surface area contributed by atoms with Gasteiger partial charge in [-0.3, -0.25) is 4.79 Å². The number of aromatic hydroxyl groups is 1. The molecular formula is C18H12O5. The second-order valence-corrected chi connectivity index (χ2v) is 5.38. The summed E-state index contributed by atoms with van der Waals surface area (Å²) in [6, 6.07) is 9.68. The van der Waals surface area contributed by atoms with Gasteiger partial charge in [-0.1, -0.05) is 12.1 Å². The lowest BCUT2D eigenvalue weighted by molar-refractivity contribution is 0.0480. The topological polar surface area (TPSA) is 72.8 Å². The molecule has 0 aromatic heterocycles. The predicted octanol–water partition coefficient (Wildman–Crippen LogP) is 2.72. The lowest BCUT2D eigenvalue weighted by atomic mass is 9.96. The molecule has 2 aliphatic rings. The van der Waals surface area contributed by atoms with Crippen molar-refractivity contribution in [3.05, 3.63) is 64.4 Å². The van der Waals surface area contributed by atoms with Crippen molar-refractivity contribution in [2.24, 2.45) is 0 Å². The quantitative estimate of drug-likeness (QED) is 0.648. The summed E-state index contributed by atoms with van der Waals surface area (Å²) in [4.78, 5) is 24.2. The molecule has 2 heterocycles. The normalized spacial score (nSPS) is 17.5. The van der Waals surface area contributed by atoms with Crippen molar-refractivity contribution in [3.8, 4) is 11.5 Å². The maximum absolute atomic E-state index is 12.4. The van der Waals surface area contributed by atoms with E-state index in [2.05, 4.69) is 0 Å². The number of Topliss-reactive ketones (excluding diaryl/α,β-unsaturated/α-hetero) is 1. The third kappa shape index (κ3) is 2.17. The fourth-order valence-corrected chi connectivity index (χ4v) is 2.85. The van der Waals surface area contributed by atoms with Crippen molar-refractivity contribution in [1.82, 2.24) is 0 Å². The van der Waals surface area contributed by atoms with Gasteiger partial charge in [-0.2, -0.15) is 0 Å². The van der Waals surface area contributed by atoms with Crippen molar-refractivity contribution >= 4 is 17.8 Å². The first kappa shape index (κ1) is 13.6. The van der Waals surface area contributed by atoms with E-state index in [0.29, 0.717) is 29.9 Å². The van der Waals surface area contributed by atoms with Gasteiger partial charge in [-0.25, -0.2) is 4.79 Å². The molecule has 0 amide bonds. The average molecular weight is 308 g/mol. The standard InChI is InChI=1S/C18H12O5/c19-11-4-5-14-15(9-11)23-16(17(14)20)8-10-2-1-3-13-12(10)6-7-22-18(13)21/h1-5,8-9,19H,6-7H2/b16-8-. The minimum atomic E-state index is -0.349. The number of rotatable bonds is 1. The smallest absolute Gasteiger partial charge is 0.338 e. The molecule has 5 nitrogen and oxygen atoms in total. The molecule has 0 saturated carbocycles. The van der Waals surface area contributed by atoms with Gasteiger partial charge in [-0.05, 0) is 35.4 Å². The number of allylic oxidation sites excluding steroid dienone is 1. The Morgan fingerprint density at radius 1 is 1.09 bits per heavy atom. The van der Waals surface area contributed by atoms with E-state index >= 15 is 0 Å². The minimum absolute atomic E-state index is 0.0395. The number of carbonyl (C=O) groups excluding carboxylic acids is 2. The van der Waals surface area contributed by atoms with Gasteiger partial charge < -0.3 is 14.6 Å². The molecule has 2 aromatic carbocycles. The molecule has 114 valence electrons. The summed E-state index contributed by atoms with van der Waals surface area (Å²) < 4.78 is 10.6. The van der Waals surface area contributed by atoms with E-state index in [1.807, 2.05) is 6.07 Å². The summed E-state index contributed by atoms with van der Waals surface area (Å²) in [6.45, 7) is 0.328. The second kappa shape index (κ2) is 4.98. The lowest BCUT2D eigenvalue weighted by Gasteiger charge is -2.17. The van der Waals surface area contributed by atoms with Crippen LogP contribution in [0.4, 0.5) is 0 Å². The monoisotopic (exact) mass is 308 g/mol.